The third kappa shape index (κ3) is 2.28. The predicted molar refractivity (Wildman–Crippen MR) is 90.1 cm³/mol. The molecular formula is C19H17FN2O2. The molecule has 0 aliphatic carbocycles. The van der Waals surface area contributed by atoms with Crippen LogP contribution in [0.5, 0.6) is 5.75 Å². The topological polar surface area (TPSA) is 41.9 Å². The first-order valence-electron chi connectivity index (χ1n) is 8.07. The number of carbonyl (C=O) groups is 1. The van der Waals surface area contributed by atoms with Gasteiger partial charge in [-0.15, -0.1) is 0 Å². The summed E-state index contributed by atoms with van der Waals surface area (Å²) in [7, 11) is 0. The van der Waals surface area contributed by atoms with Gasteiger partial charge in [-0.2, -0.15) is 5.10 Å². The predicted octanol–water partition coefficient (Wildman–Crippen LogP) is 3.53. The number of hydrogen-bond donors (Lipinski definition) is 0. The van der Waals surface area contributed by atoms with Crippen molar-refractivity contribution in [3.63, 3.8) is 0 Å². The molecule has 0 spiro atoms. The average molecular weight is 324 g/mol. The first kappa shape index (κ1) is 14.9. The molecule has 0 saturated carbocycles. The Kier molecular flexibility index (Phi) is 3.56. The van der Waals surface area contributed by atoms with Crippen LogP contribution in [0.3, 0.4) is 0 Å². The molecule has 2 heterocycles. The third-order valence-electron chi connectivity index (χ3n) is 4.55. The second kappa shape index (κ2) is 5.74. The van der Waals surface area contributed by atoms with Crippen LogP contribution in [0.1, 0.15) is 24.8 Å². The average Bonchev–Trinajstić information content (AvgIpc) is 3.01. The van der Waals surface area contributed by atoms with Gasteiger partial charge in [0.1, 0.15) is 29.6 Å². The van der Waals surface area contributed by atoms with E-state index in [9.17, 15) is 9.18 Å². The van der Waals surface area contributed by atoms with Crippen molar-refractivity contribution in [1.82, 2.24) is 0 Å². The van der Waals surface area contributed by atoms with Crippen molar-refractivity contribution in [3.8, 4) is 5.75 Å². The second-order valence-electron chi connectivity index (χ2n) is 5.99. The van der Waals surface area contributed by atoms with Gasteiger partial charge in [-0.1, -0.05) is 37.3 Å². The van der Waals surface area contributed by atoms with Gasteiger partial charge < -0.3 is 4.74 Å². The molecule has 122 valence electrons. The maximum atomic E-state index is 13.7. The fourth-order valence-corrected chi connectivity index (χ4v) is 3.39. The molecule has 0 amide bonds. The van der Waals surface area contributed by atoms with E-state index in [0.29, 0.717) is 30.2 Å². The Labute approximate surface area is 139 Å². The number of carbonyl (C=O) groups excluding carboxylic acids is 1. The number of ketones is 1. The Morgan fingerprint density at radius 2 is 2.08 bits per heavy atom. The maximum Gasteiger partial charge on any atom is 0.179 e. The highest BCUT2D eigenvalue weighted by Gasteiger charge is 2.44. The molecule has 0 saturated heterocycles. The summed E-state index contributed by atoms with van der Waals surface area (Å²) in [5.74, 6) is 0.0828. The van der Waals surface area contributed by atoms with E-state index in [1.807, 2.05) is 37.3 Å². The summed E-state index contributed by atoms with van der Waals surface area (Å²) in [6, 6.07) is 14.1. The van der Waals surface area contributed by atoms with Crippen LogP contribution in [0, 0.1) is 5.82 Å². The molecule has 4 nitrogen and oxygen atoms in total. The molecule has 2 aliphatic rings. The van der Waals surface area contributed by atoms with Gasteiger partial charge in [0.05, 0.1) is 12.0 Å². The van der Waals surface area contributed by atoms with Crippen molar-refractivity contribution >= 4 is 17.2 Å². The first-order valence-corrected chi connectivity index (χ1v) is 8.07. The van der Waals surface area contributed by atoms with Crippen LogP contribution in [0.25, 0.3) is 0 Å². The van der Waals surface area contributed by atoms with Crippen LogP contribution in [0.4, 0.5) is 10.1 Å². The fraction of sp³-hybridized carbons (Fsp3) is 0.263. The van der Waals surface area contributed by atoms with E-state index in [0.717, 1.165) is 5.56 Å². The Morgan fingerprint density at radius 3 is 2.83 bits per heavy atom. The van der Waals surface area contributed by atoms with Crippen LogP contribution in [-0.4, -0.2) is 24.1 Å². The van der Waals surface area contributed by atoms with Crippen molar-refractivity contribution in [2.75, 3.05) is 11.6 Å². The van der Waals surface area contributed by atoms with Gasteiger partial charge in [0.15, 0.2) is 5.78 Å². The number of hydrogen-bond acceptors (Lipinski definition) is 4. The molecule has 0 N–H and O–H groups in total. The summed E-state index contributed by atoms with van der Waals surface area (Å²) in [6.07, 6.45) is 0.388. The van der Waals surface area contributed by atoms with Crippen LogP contribution in [-0.2, 0) is 4.79 Å². The second-order valence-corrected chi connectivity index (χ2v) is 5.99. The van der Waals surface area contributed by atoms with Crippen LogP contribution >= 0.6 is 0 Å². The highest BCUT2D eigenvalue weighted by Crippen LogP contribution is 2.43. The van der Waals surface area contributed by atoms with Gasteiger partial charge in [0.2, 0.25) is 0 Å². The maximum absolute atomic E-state index is 13.7. The molecule has 2 aromatic carbocycles. The molecule has 0 bridgehead atoms. The van der Waals surface area contributed by atoms with E-state index in [1.165, 1.54) is 12.1 Å². The highest BCUT2D eigenvalue weighted by atomic mass is 19.1. The summed E-state index contributed by atoms with van der Waals surface area (Å²) in [4.78, 5) is 12.4. The van der Waals surface area contributed by atoms with Crippen molar-refractivity contribution in [2.45, 2.75) is 25.3 Å². The smallest absolute Gasteiger partial charge is 0.179 e. The van der Waals surface area contributed by atoms with Gasteiger partial charge >= 0.3 is 0 Å². The summed E-state index contributed by atoms with van der Waals surface area (Å²) >= 11 is 0. The molecule has 2 aliphatic heterocycles. The molecule has 4 rings (SSSR count). The van der Waals surface area contributed by atoms with E-state index in [1.54, 1.807) is 11.1 Å². The molecule has 2 atom stereocenters. The van der Waals surface area contributed by atoms with Gasteiger partial charge in [-0.05, 0) is 17.7 Å². The first-order chi connectivity index (χ1) is 11.7. The Balaban J connectivity index is 1.82. The normalized spacial score (nSPS) is 21.6. The fourth-order valence-electron chi connectivity index (χ4n) is 3.39. The van der Waals surface area contributed by atoms with Crippen LogP contribution in [0.15, 0.2) is 53.6 Å². The number of hydrazone groups is 1. The van der Waals surface area contributed by atoms with Crippen molar-refractivity contribution in [3.05, 3.63) is 59.9 Å². The Morgan fingerprint density at radius 1 is 1.29 bits per heavy atom. The van der Waals surface area contributed by atoms with E-state index in [-0.39, 0.29) is 23.6 Å². The van der Waals surface area contributed by atoms with Gasteiger partial charge in [0.25, 0.3) is 0 Å². The molecule has 1 unspecified atom stereocenters. The lowest BCUT2D eigenvalue weighted by atomic mass is 9.85. The highest BCUT2D eigenvalue weighted by molar-refractivity contribution is 6.42. The molecule has 0 aromatic heterocycles. The lowest BCUT2D eigenvalue weighted by Crippen LogP contribution is -2.41. The number of halogens is 1. The zero-order chi connectivity index (χ0) is 16.7. The van der Waals surface area contributed by atoms with Crippen molar-refractivity contribution in [1.29, 1.82) is 0 Å². The summed E-state index contributed by atoms with van der Waals surface area (Å²) in [6.45, 7) is 2.23. The number of anilines is 1. The largest absolute Gasteiger partial charge is 0.489 e. The summed E-state index contributed by atoms with van der Waals surface area (Å²) < 4.78 is 19.5. The van der Waals surface area contributed by atoms with Gasteiger partial charge in [-0.3, -0.25) is 9.80 Å². The molecular weight excluding hydrogens is 307 g/mol. The van der Waals surface area contributed by atoms with Crippen molar-refractivity contribution < 1.29 is 13.9 Å². The van der Waals surface area contributed by atoms with E-state index < -0.39 is 0 Å². The minimum Gasteiger partial charge on any atom is -0.489 e. The quantitative estimate of drug-likeness (QED) is 0.867. The van der Waals surface area contributed by atoms with Crippen LogP contribution < -0.4 is 9.75 Å². The van der Waals surface area contributed by atoms with Gasteiger partial charge in [-0.25, -0.2) is 4.39 Å². The molecule has 2 aromatic rings. The lowest BCUT2D eigenvalue weighted by Gasteiger charge is -2.33. The third-order valence-corrected chi connectivity index (χ3v) is 4.55. The van der Waals surface area contributed by atoms with Crippen LogP contribution in [0.2, 0.25) is 0 Å². The van der Waals surface area contributed by atoms with Crippen molar-refractivity contribution in [2.24, 2.45) is 5.10 Å². The standard InChI is InChI=1S/C19H17FN2O2/c1-2-16(23)19-18(12-6-4-3-5-7-12)15-11-24-17-9-8-13(20)10-14(17)22(15)21-19/h3-10,15,18H,2,11H2,1H3/t15-,18?/m0/s1. The zero-order valence-electron chi connectivity index (χ0n) is 13.3. The Hall–Kier alpha value is -2.69. The molecule has 0 fully saturated rings. The Bertz CT molecular complexity index is 819. The number of rotatable bonds is 3. The number of fused-ring (bicyclic) bond motifs is 3. The molecule has 24 heavy (non-hydrogen) atoms. The minimum atomic E-state index is -0.347. The monoisotopic (exact) mass is 324 g/mol. The summed E-state index contributed by atoms with van der Waals surface area (Å²) in [5, 5.41) is 6.33. The van der Waals surface area contributed by atoms with E-state index >= 15 is 0 Å². The minimum absolute atomic E-state index is 0.0104. The molecule has 5 heteroatoms. The van der Waals surface area contributed by atoms with E-state index in [4.69, 9.17) is 4.74 Å². The zero-order valence-corrected chi connectivity index (χ0v) is 13.3. The SMILES string of the molecule is CCC(=O)C1=NN2c3cc(F)ccc3OC[C@H]2C1c1ccccc1. The number of nitrogens with zero attached hydrogens (tertiary/aromatic N) is 2. The number of benzene rings is 2. The van der Waals surface area contributed by atoms with E-state index in [2.05, 4.69) is 5.10 Å². The number of ether oxygens (including phenoxy) is 1. The molecule has 0 radical (unpaired) electrons. The summed E-state index contributed by atoms with van der Waals surface area (Å²) in [5.41, 5.74) is 2.12. The lowest BCUT2D eigenvalue weighted by molar-refractivity contribution is -0.112. The van der Waals surface area contributed by atoms with Gasteiger partial charge in [0, 0.05) is 12.5 Å². The number of Topliss-reactive ketones (excluding diaryl/α,β-unsaturated/α-hetero) is 1.